The molecule has 3 atom stereocenters. The van der Waals surface area contributed by atoms with E-state index in [1.54, 1.807) is 10.7 Å². The molecule has 8 heteroatoms. The van der Waals surface area contributed by atoms with E-state index >= 15 is 0 Å². The second kappa shape index (κ2) is 9.33. The number of halogens is 2. The van der Waals surface area contributed by atoms with Gasteiger partial charge >= 0.3 is 0 Å². The fraction of sp³-hybridized carbons (Fsp3) is 0.560. The quantitative estimate of drug-likeness (QED) is 0.576. The smallest absolute Gasteiger partial charge is 0.276 e. The zero-order chi connectivity index (χ0) is 22.9. The largest absolute Gasteiger partial charge is 0.381 e. The Morgan fingerprint density at radius 1 is 1.15 bits per heavy atom. The molecular formula is C25H30F2N4O2. The van der Waals surface area contributed by atoms with E-state index in [2.05, 4.69) is 16.9 Å². The molecule has 1 saturated heterocycles. The van der Waals surface area contributed by atoms with Crippen LogP contribution in [0.4, 0.5) is 8.78 Å². The summed E-state index contributed by atoms with van der Waals surface area (Å²) < 4.78 is 35.6. The molecule has 0 amide bonds. The van der Waals surface area contributed by atoms with Gasteiger partial charge in [0, 0.05) is 30.6 Å². The van der Waals surface area contributed by atoms with E-state index in [4.69, 9.17) is 9.84 Å². The van der Waals surface area contributed by atoms with Crippen molar-refractivity contribution in [2.24, 2.45) is 11.8 Å². The number of fused-ring (bicyclic) bond motifs is 1. The maximum Gasteiger partial charge on any atom is 0.276 e. The minimum atomic E-state index is -0.472. The molecule has 0 spiro atoms. The molecule has 1 saturated carbocycles. The number of ether oxygens (including phenoxy) is 1. The van der Waals surface area contributed by atoms with Gasteiger partial charge in [-0.2, -0.15) is 5.10 Å². The summed E-state index contributed by atoms with van der Waals surface area (Å²) in [5.74, 6) is 1.30. The minimum absolute atomic E-state index is 0.0857. The van der Waals surface area contributed by atoms with E-state index in [1.807, 2.05) is 0 Å². The van der Waals surface area contributed by atoms with Crippen molar-refractivity contribution in [3.8, 4) is 0 Å². The van der Waals surface area contributed by atoms with Crippen LogP contribution in [0.5, 0.6) is 0 Å². The highest BCUT2D eigenvalue weighted by Crippen LogP contribution is 2.38. The number of nitrogens with one attached hydrogen (secondary N) is 1. The Kier molecular flexibility index (Phi) is 6.27. The molecule has 2 aliphatic rings. The van der Waals surface area contributed by atoms with Crippen LogP contribution in [-0.2, 0) is 11.2 Å². The highest BCUT2D eigenvalue weighted by atomic mass is 19.1. The summed E-state index contributed by atoms with van der Waals surface area (Å²) in [5.41, 5.74) is 0.474. The van der Waals surface area contributed by atoms with Crippen molar-refractivity contribution in [3.63, 3.8) is 0 Å². The van der Waals surface area contributed by atoms with Gasteiger partial charge in [-0.1, -0.05) is 25.8 Å². The molecule has 0 bridgehead atoms. The Morgan fingerprint density at radius 3 is 2.67 bits per heavy atom. The predicted molar refractivity (Wildman–Crippen MR) is 120 cm³/mol. The average molecular weight is 457 g/mol. The molecule has 1 aliphatic heterocycles. The zero-order valence-electron chi connectivity index (χ0n) is 18.9. The van der Waals surface area contributed by atoms with Gasteiger partial charge in [0.1, 0.15) is 23.3 Å². The number of hydrogen-bond donors (Lipinski definition) is 1. The lowest BCUT2D eigenvalue weighted by atomic mass is 9.84. The van der Waals surface area contributed by atoms with E-state index in [0.717, 1.165) is 44.3 Å². The molecule has 2 fully saturated rings. The maximum absolute atomic E-state index is 14.2. The molecule has 1 N–H and O–H groups in total. The summed E-state index contributed by atoms with van der Waals surface area (Å²) in [6.45, 7) is 3.54. The van der Waals surface area contributed by atoms with E-state index < -0.39 is 11.6 Å². The van der Waals surface area contributed by atoms with Crippen molar-refractivity contribution in [1.82, 2.24) is 19.6 Å². The fourth-order valence-corrected chi connectivity index (χ4v) is 5.66. The number of rotatable bonds is 4. The first-order valence-corrected chi connectivity index (χ1v) is 12.0. The predicted octanol–water partition coefficient (Wildman–Crippen LogP) is 4.74. The van der Waals surface area contributed by atoms with E-state index in [1.165, 1.54) is 18.2 Å². The molecule has 0 radical (unpaired) electrons. The topological polar surface area (TPSA) is 72.3 Å². The molecule has 5 rings (SSSR count). The molecule has 3 unspecified atom stereocenters. The first kappa shape index (κ1) is 22.2. The lowest BCUT2D eigenvalue weighted by Crippen LogP contribution is -2.24. The van der Waals surface area contributed by atoms with Crippen molar-refractivity contribution >= 4 is 5.52 Å². The molecule has 1 aromatic carbocycles. The van der Waals surface area contributed by atoms with Gasteiger partial charge in [-0.05, 0) is 56.1 Å². The van der Waals surface area contributed by atoms with Gasteiger partial charge in [-0.25, -0.2) is 18.3 Å². The lowest BCUT2D eigenvalue weighted by molar-refractivity contribution is 0.0832. The van der Waals surface area contributed by atoms with Gasteiger partial charge < -0.3 is 9.72 Å². The summed E-state index contributed by atoms with van der Waals surface area (Å²) in [7, 11) is 0. The minimum Gasteiger partial charge on any atom is -0.381 e. The van der Waals surface area contributed by atoms with Crippen LogP contribution in [0, 0.1) is 23.5 Å². The third-order valence-electron chi connectivity index (χ3n) is 7.46. The van der Waals surface area contributed by atoms with Crippen molar-refractivity contribution in [2.75, 3.05) is 13.2 Å². The van der Waals surface area contributed by atoms with E-state index in [9.17, 15) is 13.6 Å². The summed E-state index contributed by atoms with van der Waals surface area (Å²) in [6, 6.07) is 4.06. The Hall–Kier alpha value is -2.61. The van der Waals surface area contributed by atoms with Crippen LogP contribution >= 0.6 is 0 Å². The van der Waals surface area contributed by atoms with Crippen molar-refractivity contribution in [1.29, 1.82) is 0 Å². The Labute approximate surface area is 191 Å². The molecule has 176 valence electrons. The second-order valence-electron chi connectivity index (χ2n) is 9.66. The normalized spacial score (nSPS) is 24.8. The van der Waals surface area contributed by atoms with Gasteiger partial charge in [0.15, 0.2) is 5.52 Å². The number of aromatic amines is 1. The summed E-state index contributed by atoms with van der Waals surface area (Å²) in [5, 5.41) is 4.86. The summed E-state index contributed by atoms with van der Waals surface area (Å²) in [4.78, 5) is 20.4. The molecular weight excluding hydrogens is 426 g/mol. The Bertz CT molecular complexity index is 1160. The first-order chi connectivity index (χ1) is 16.0. The molecule has 6 nitrogen and oxygen atoms in total. The number of benzene rings is 1. The van der Waals surface area contributed by atoms with Crippen LogP contribution in [0.1, 0.15) is 74.5 Å². The third-order valence-corrected chi connectivity index (χ3v) is 7.46. The van der Waals surface area contributed by atoms with Crippen LogP contribution in [0.2, 0.25) is 0 Å². The van der Waals surface area contributed by atoms with Gasteiger partial charge in [0.25, 0.3) is 5.56 Å². The van der Waals surface area contributed by atoms with Crippen LogP contribution < -0.4 is 5.56 Å². The highest BCUT2D eigenvalue weighted by molar-refractivity contribution is 5.42. The number of H-pyrrole nitrogens is 1. The molecule has 3 aromatic rings. The van der Waals surface area contributed by atoms with E-state index in [0.29, 0.717) is 31.0 Å². The van der Waals surface area contributed by atoms with Gasteiger partial charge in [-0.15, -0.1) is 0 Å². The SMILES string of the molecule is CC1CC(Cc2c(F)cccc2F)CCCC1c1nn2c(C3CCOCC3)ncc2c(=O)[nH]1. The van der Waals surface area contributed by atoms with Crippen LogP contribution in [0.15, 0.2) is 29.2 Å². The Morgan fingerprint density at radius 2 is 1.91 bits per heavy atom. The first-order valence-electron chi connectivity index (χ1n) is 12.0. The number of nitrogens with zero attached hydrogens (tertiary/aromatic N) is 3. The molecule has 3 heterocycles. The van der Waals surface area contributed by atoms with Crippen molar-refractivity contribution in [3.05, 3.63) is 63.6 Å². The summed E-state index contributed by atoms with van der Waals surface area (Å²) >= 11 is 0. The second-order valence-corrected chi connectivity index (χ2v) is 9.66. The summed E-state index contributed by atoms with van der Waals surface area (Å²) in [6.07, 6.45) is 7.29. The number of aromatic nitrogens is 4. The molecule has 2 aromatic heterocycles. The Balaban J connectivity index is 1.40. The van der Waals surface area contributed by atoms with Gasteiger partial charge in [0.2, 0.25) is 0 Å². The maximum atomic E-state index is 14.2. The zero-order valence-corrected chi connectivity index (χ0v) is 18.9. The standard InChI is InChI=1S/C25H30F2N4O2/c1-15-12-16(13-19-20(26)6-3-7-21(19)27)4-2-5-18(15)23-29-25(32)22-14-28-24(31(22)30-23)17-8-10-33-11-9-17/h3,6-7,14-18H,2,4-5,8-13H2,1H3,(H,29,30,32). The monoisotopic (exact) mass is 456 g/mol. The number of imidazole rings is 1. The fourth-order valence-electron chi connectivity index (χ4n) is 5.66. The van der Waals surface area contributed by atoms with Crippen molar-refractivity contribution in [2.45, 2.75) is 63.7 Å². The molecule has 33 heavy (non-hydrogen) atoms. The number of hydrogen-bond acceptors (Lipinski definition) is 4. The van der Waals surface area contributed by atoms with Crippen molar-refractivity contribution < 1.29 is 13.5 Å². The highest BCUT2D eigenvalue weighted by Gasteiger charge is 2.30. The third kappa shape index (κ3) is 4.45. The van der Waals surface area contributed by atoms with E-state index in [-0.39, 0.29) is 34.8 Å². The van der Waals surface area contributed by atoms with Gasteiger partial charge in [-0.3, -0.25) is 4.79 Å². The lowest BCUT2D eigenvalue weighted by Gasteiger charge is -2.23. The average Bonchev–Trinajstić information content (AvgIpc) is 3.15. The van der Waals surface area contributed by atoms with Crippen LogP contribution in [0.3, 0.4) is 0 Å². The van der Waals surface area contributed by atoms with Crippen LogP contribution in [0.25, 0.3) is 5.52 Å². The molecule has 1 aliphatic carbocycles. The van der Waals surface area contributed by atoms with Gasteiger partial charge in [0.05, 0.1) is 6.20 Å². The van der Waals surface area contributed by atoms with Crippen LogP contribution in [-0.4, -0.2) is 32.8 Å².